The lowest BCUT2D eigenvalue weighted by molar-refractivity contribution is -0.123. The lowest BCUT2D eigenvalue weighted by Gasteiger charge is -2.22. The van der Waals surface area contributed by atoms with Crippen molar-refractivity contribution in [2.24, 2.45) is 0 Å². The van der Waals surface area contributed by atoms with Gasteiger partial charge in [0.25, 0.3) is 5.91 Å². The fourth-order valence-electron chi connectivity index (χ4n) is 3.49. The van der Waals surface area contributed by atoms with Crippen LogP contribution in [0.1, 0.15) is 54.5 Å². The van der Waals surface area contributed by atoms with Crippen LogP contribution in [0.4, 0.5) is 0 Å². The molecule has 2 aromatic carbocycles. The normalized spacial score (nSPS) is 14.5. The van der Waals surface area contributed by atoms with Gasteiger partial charge in [-0.15, -0.1) is 0 Å². The van der Waals surface area contributed by atoms with Crippen molar-refractivity contribution in [3.8, 4) is 5.75 Å². The lowest BCUT2D eigenvalue weighted by atomic mass is 9.89. The van der Waals surface area contributed by atoms with Crippen molar-refractivity contribution < 1.29 is 9.53 Å². The van der Waals surface area contributed by atoms with Crippen molar-refractivity contribution in [2.45, 2.75) is 52.0 Å². The molecule has 1 amide bonds. The molecule has 0 heterocycles. The number of para-hydroxylation sites is 1. The highest BCUT2D eigenvalue weighted by molar-refractivity contribution is 5.78. The first-order valence-corrected chi connectivity index (χ1v) is 9.27. The molecule has 0 radical (unpaired) electrons. The Kier molecular flexibility index (Phi) is 5.75. The standard InChI is InChI=1S/C22H27NO2/c1-3-20(19-13-12-17-9-5-6-10-18(17)14-19)23-22(24)15-25-21-11-7-4-8-16(21)2/h4,7-8,11-14,20H,3,5-6,9-10,15H2,1-2H3,(H,23,24)/t20-/m0/s1. The summed E-state index contributed by atoms with van der Waals surface area (Å²) in [6, 6.07) is 14.5. The van der Waals surface area contributed by atoms with Crippen LogP contribution < -0.4 is 10.1 Å². The highest BCUT2D eigenvalue weighted by Gasteiger charge is 2.16. The SMILES string of the molecule is CC[C@H](NC(=O)COc1ccccc1C)c1ccc2c(c1)CCCC2. The van der Waals surface area contributed by atoms with Gasteiger partial charge in [-0.2, -0.15) is 0 Å². The molecule has 3 heteroatoms. The Morgan fingerprint density at radius 2 is 1.88 bits per heavy atom. The van der Waals surface area contributed by atoms with E-state index in [2.05, 4.69) is 30.4 Å². The predicted molar refractivity (Wildman–Crippen MR) is 101 cm³/mol. The first-order chi connectivity index (χ1) is 12.2. The molecular formula is C22H27NO2. The van der Waals surface area contributed by atoms with Crippen LogP contribution in [0.5, 0.6) is 5.75 Å². The summed E-state index contributed by atoms with van der Waals surface area (Å²) in [7, 11) is 0. The summed E-state index contributed by atoms with van der Waals surface area (Å²) in [5.41, 5.74) is 5.16. The van der Waals surface area contributed by atoms with Gasteiger partial charge in [0.2, 0.25) is 0 Å². The maximum atomic E-state index is 12.3. The fraction of sp³-hybridized carbons (Fsp3) is 0.409. The summed E-state index contributed by atoms with van der Waals surface area (Å²) in [5.74, 6) is 0.687. The predicted octanol–water partition coefficient (Wildman–Crippen LogP) is 4.52. The van der Waals surface area contributed by atoms with Crippen molar-refractivity contribution >= 4 is 5.91 Å². The maximum absolute atomic E-state index is 12.3. The van der Waals surface area contributed by atoms with Gasteiger partial charge < -0.3 is 10.1 Å². The third-order valence-electron chi connectivity index (χ3n) is 4.97. The Labute approximate surface area is 150 Å². The first kappa shape index (κ1) is 17.5. The van der Waals surface area contributed by atoms with Crippen LogP contribution >= 0.6 is 0 Å². The van der Waals surface area contributed by atoms with E-state index in [1.54, 1.807) is 0 Å². The molecule has 0 saturated heterocycles. The van der Waals surface area contributed by atoms with Crippen LogP contribution in [0.2, 0.25) is 0 Å². The number of fused-ring (bicyclic) bond motifs is 1. The van der Waals surface area contributed by atoms with E-state index >= 15 is 0 Å². The highest BCUT2D eigenvalue weighted by Crippen LogP contribution is 2.26. The van der Waals surface area contributed by atoms with Gasteiger partial charge in [0.05, 0.1) is 6.04 Å². The van der Waals surface area contributed by atoms with E-state index in [0.717, 1.165) is 24.2 Å². The van der Waals surface area contributed by atoms with E-state index in [1.165, 1.54) is 36.0 Å². The Bertz CT molecular complexity index is 739. The zero-order valence-electron chi connectivity index (χ0n) is 15.2. The van der Waals surface area contributed by atoms with Crippen LogP contribution in [0, 0.1) is 6.92 Å². The number of benzene rings is 2. The molecule has 0 spiro atoms. The van der Waals surface area contributed by atoms with Gasteiger partial charge in [0, 0.05) is 0 Å². The summed E-state index contributed by atoms with van der Waals surface area (Å²) < 4.78 is 5.66. The summed E-state index contributed by atoms with van der Waals surface area (Å²) in [5, 5.41) is 3.12. The average Bonchev–Trinajstić information content (AvgIpc) is 2.65. The van der Waals surface area contributed by atoms with Gasteiger partial charge in [-0.25, -0.2) is 0 Å². The fourth-order valence-corrected chi connectivity index (χ4v) is 3.49. The molecule has 0 fully saturated rings. The van der Waals surface area contributed by atoms with E-state index in [-0.39, 0.29) is 18.6 Å². The minimum atomic E-state index is -0.0761. The van der Waals surface area contributed by atoms with E-state index in [0.29, 0.717) is 0 Å². The molecule has 1 aliphatic rings. The second-order valence-electron chi connectivity index (χ2n) is 6.82. The van der Waals surface area contributed by atoms with Gasteiger partial charge in [-0.05, 0) is 67.3 Å². The zero-order valence-corrected chi connectivity index (χ0v) is 15.2. The van der Waals surface area contributed by atoms with E-state index in [4.69, 9.17) is 4.74 Å². The van der Waals surface area contributed by atoms with Gasteiger partial charge in [0.15, 0.2) is 6.61 Å². The summed E-state index contributed by atoms with van der Waals surface area (Å²) in [6.45, 7) is 4.13. The summed E-state index contributed by atoms with van der Waals surface area (Å²) in [4.78, 5) is 12.3. The second-order valence-corrected chi connectivity index (χ2v) is 6.82. The van der Waals surface area contributed by atoms with Crippen molar-refractivity contribution in [1.29, 1.82) is 0 Å². The van der Waals surface area contributed by atoms with Crippen molar-refractivity contribution in [1.82, 2.24) is 5.32 Å². The summed E-state index contributed by atoms with van der Waals surface area (Å²) in [6.07, 6.45) is 5.77. The van der Waals surface area contributed by atoms with Crippen LogP contribution in [0.15, 0.2) is 42.5 Å². The van der Waals surface area contributed by atoms with Gasteiger partial charge >= 0.3 is 0 Å². The van der Waals surface area contributed by atoms with Crippen LogP contribution in [-0.2, 0) is 17.6 Å². The van der Waals surface area contributed by atoms with E-state index in [1.807, 2.05) is 31.2 Å². The molecule has 0 aromatic heterocycles. The van der Waals surface area contributed by atoms with Crippen molar-refractivity contribution in [3.05, 3.63) is 64.7 Å². The first-order valence-electron chi connectivity index (χ1n) is 9.27. The molecule has 0 bridgehead atoms. The van der Waals surface area contributed by atoms with Crippen LogP contribution in [0.25, 0.3) is 0 Å². The third kappa shape index (κ3) is 4.41. The molecule has 2 aromatic rings. The topological polar surface area (TPSA) is 38.3 Å². The number of rotatable bonds is 6. The Morgan fingerprint density at radius 1 is 1.12 bits per heavy atom. The monoisotopic (exact) mass is 337 g/mol. The van der Waals surface area contributed by atoms with Crippen LogP contribution in [-0.4, -0.2) is 12.5 Å². The minimum Gasteiger partial charge on any atom is -0.484 e. The smallest absolute Gasteiger partial charge is 0.258 e. The Balaban J connectivity index is 1.61. The molecule has 0 saturated carbocycles. The number of carbonyl (C=O) groups is 1. The number of hydrogen-bond acceptors (Lipinski definition) is 2. The number of aryl methyl sites for hydroxylation is 3. The van der Waals surface area contributed by atoms with Gasteiger partial charge in [-0.1, -0.05) is 43.3 Å². The molecular weight excluding hydrogens is 310 g/mol. The van der Waals surface area contributed by atoms with E-state index in [9.17, 15) is 4.79 Å². The quantitative estimate of drug-likeness (QED) is 0.841. The Morgan fingerprint density at radius 3 is 2.64 bits per heavy atom. The molecule has 1 N–H and O–H groups in total. The number of amides is 1. The van der Waals surface area contributed by atoms with Gasteiger partial charge in [0.1, 0.15) is 5.75 Å². The molecule has 132 valence electrons. The second kappa shape index (κ2) is 8.19. The molecule has 3 rings (SSSR count). The van der Waals surface area contributed by atoms with Gasteiger partial charge in [-0.3, -0.25) is 4.79 Å². The largest absolute Gasteiger partial charge is 0.484 e. The molecule has 1 aliphatic carbocycles. The Hall–Kier alpha value is -2.29. The van der Waals surface area contributed by atoms with Crippen molar-refractivity contribution in [2.75, 3.05) is 6.61 Å². The number of carbonyl (C=O) groups excluding carboxylic acids is 1. The molecule has 25 heavy (non-hydrogen) atoms. The molecule has 1 atom stereocenters. The third-order valence-corrected chi connectivity index (χ3v) is 4.97. The molecule has 0 aliphatic heterocycles. The minimum absolute atomic E-state index is 0.0418. The van der Waals surface area contributed by atoms with Crippen molar-refractivity contribution in [3.63, 3.8) is 0 Å². The molecule has 3 nitrogen and oxygen atoms in total. The van der Waals surface area contributed by atoms with Crippen LogP contribution in [0.3, 0.4) is 0 Å². The number of hydrogen-bond donors (Lipinski definition) is 1. The number of nitrogens with one attached hydrogen (secondary N) is 1. The number of ether oxygens (including phenoxy) is 1. The lowest BCUT2D eigenvalue weighted by Crippen LogP contribution is -2.32. The van der Waals surface area contributed by atoms with E-state index < -0.39 is 0 Å². The highest BCUT2D eigenvalue weighted by atomic mass is 16.5. The summed E-state index contributed by atoms with van der Waals surface area (Å²) >= 11 is 0. The average molecular weight is 337 g/mol. The maximum Gasteiger partial charge on any atom is 0.258 e. The molecule has 0 unspecified atom stereocenters. The zero-order chi connectivity index (χ0) is 17.6.